The molecule has 1 rings (SSSR count). The predicted molar refractivity (Wildman–Crippen MR) is 55.8 cm³/mol. The Bertz CT molecular complexity index is 260. The lowest BCUT2D eigenvalue weighted by Gasteiger charge is -2.19. The number of rotatable bonds is 4. The first-order chi connectivity index (χ1) is 6.29. The quantitative estimate of drug-likeness (QED) is 0.659. The third kappa shape index (κ3) is 2.46. The van der Waals surface area contributed by atoms with E-state index < -0.39 is 0 Å². The number of hydrogen-bond acceptors (Lipinski definition) is 2. The fourth-order valence-electron chi connectivity index (χ4n) is 1.40. The van der Waals surface area contributed by atoms with Crippen LogP contribution in [0.1, 0.15) is 18.9 Å². The van der Waals surface area contributed by atoms with Crippen LogP contribution in [0.15, 0.2) is 24.3 Å². The maximum Gasteiger partial charge on any atom is 0.0665 e. The van der Waals surface area contributed by atoms with Crippen LogP contribution in [0.4, 0.5) is 5.69 Å². The van der Waals surface area contributed by atoms with Crippen LogP contribution in [0.2, 0.25) is 0 Å². The normalized spacial score (nSPS) is 10.1. The van der Waals surface area contributed by atoms with Gasteiger partial charge in [-0.15, -0.1) is 0 Å². The van der Waals surface area contributed by atoms with Crippen LogP contribution in [0.3, 0.4) is 0 Å². The van der Waals surface area contributed by atoms with Crippen LogP contribution in [-0.2, 0) is 11.3 Å². The molecule has 0 aliphatic heterocycles. The van der Waals surface area contributed by atoms with Gasteiger partial charge in [0.2, 0.25) is 0 Å². The molecule has 0 heterocycles. The molecule has 0 bridgehead atoms. The molecular formula is C11H17NO. The van der Waals surface area contributed by atoms with Gasteiger partial charge in [0.15, 0.2) is 0 Å². The van der Waals surface area contributed by atoms with Gasteiger partial charge in [-0.2, -0.15) is 0 Å². The second kappa shape index (κ2) is 4.87. The molecule has 0 spiro atoms. The molecule has 0 saturated heterocycles. The van der Waals surface area contributed by atoms with E-state index in [-0.39, 0.29) is 0 Å². The summed E-state index contributed by atoms with van der Waals surface area (Å²) in [5, 5.41) is 1.80. The fraction of sp³-hybridized carbons (Fsp3) is 0.455. The number of aryl methyl sites for hydroxylation is 1. The molecule has 0 unspecified atom stereocenters. The molecule has 2 heteroatoms. The summed E-state index contributed by atoms with van der Waals surface area (Å²) in [5.74, 6) is 0. The molecule has 0 fully saturated rings. The van der Waals surface area contributed by atoms with Crippen LogP contribution >= 0.6 is 0 Å². The summed E-state index contributed by atoms with van der Waals surface area (Å²) < 4.78 is 0. The van der Waals surface area contributed by atoms with Crippen molar-refractivity contribution in [1.29, 1.82) is 0 Å². The molecule has 13 heavy (non-hydrogen) atoms. The van der Waals surface area contributed by atoms with Crippen molar-refractivity contribution in [3.63, 3.8) is 0 Å². The first-order valence-corrected chi connectivity index (χ1v) is 4.65. The van der Waals surface area contributed by atoms with Gasteiger partial charge in [0.05, 0.1) is 12.8 Å². The van der Waals surface area contributed by atoms with Gasteiger partial charge >= 0.3 is 0 Å². The summed E-state index contributed by atoms with van der Waals surface area (Å²) in [7, 11) is 3.61. The van der Waals surface area contributed by atoms with Crippen molar-refractivity contribution in [1.82, 2.24) is 0 Å². The Kier molecular flexibility index (Phi) is 3.77. The van der Waals surface area contributed by atoms with Crippen LogP contribution in [0.25, 0.3) is 0 Å². The SMILES string of the molecule is CCCc1ccccc1N(C)OC. The van der Waals surface area contributed by atoms with Gasteiger partial charge in [-0.1, -0.05) is 31.5 Å². The van der Waals surface area contributed by atoms with Gasteiger partial charge in [0.25, 0.3) is 0 Å². The Labute approximate surface area is 80.1 Å². The minimum absolute atomic E-state index is 1.10. The highest BCUT2D eigenvalue weighted by molar-refractivity contribution is 5.51. The summed E-state index contributed by atoms with van der Waals surface area (Å²) in [6, 6.07) is 8.32. The highest BCUT2D eigenvalue weighted by atomic mass is 16.7. The summed E-state index contributed by atoms with van der Waals surface area (Å²) in [6.45, 7) is 2.18. The predicted octanol–water partition coefficient (Wildman–Crippen LogP) is 2.64. The van der Waals surface area contributed by atoms with Gasteiger partial charge < -0.3 is 0 Å². The summed E-state index contributed by atoms with van der Waals surface area (Å²) >= 11 is 0. The van der Waals surface area contributed by atoms with E-state index in [1.807, 2.05) is 13.1 Å². The molecule has 1 aromatic carbocycles. The fourth-order valence-corrected chi connectivity index (χ4v) is 1.40. The number of benzene rings is 1. The van der Waals surface area contributed by atoms with Crippen LogP contribution in [0, 0.1) is 0 Å². The second-order valence-electron chi connectivity index (χ2n) is 3.06. The molecule has 0 radical (unpaired) electrons. The standard InChI is InChI=1S/C11H17NO/c1-4-7-10-8-5-6-9-11(10)12(2)13-3/h5-6,8-9H,4,7H2,1-3H3. The molecule has 0 aliphatic carbocycles. The molecule has 0 atom stereocenters. The van der Waals surface area contributed by atoms with E-state index in [1.165, 1.54) is 5.56 Å². The van der Waals surface area contributed by atoms with E-state index in [2.05, 4.69) is 25.1 Å². The average Bonchev–Trinajstić information content (AvgIpc) is 2.18. The third-order valence-electron chi connectivity index (χ3n) is 2.12. The Morgan fingerprint density at radius 3 is 2.62 bits per heavy atom. The van der Waals surface area contributed by atoms with Crippen molar-refractivity contribution in [3.05, 3.63) is 29.8 Å². The molecule has 2 nitrogen and oxygen atoms in total. The number of hydroxylamine groups is 1. The van der Waals surface area contributed by atoms with Crippen molar-refractivity contribution in [2.24, 2.45) is 0 Å². The zero-order valence-electron chi connectivity index (χ0n) is 8.58. The van der Waals surface area contributed by atoms with E-state index >= 15 is 0 Å². The lowest BCUT2D eigenvalue weighted by Crippen LogP contribution is -2.16. The molecule has 0 aliphatic rings. The van der Waals surface area contributed by atoms with Crippen LogP contribution in [0.5, 0.6) is 0 Å². The highest BCUT2D eigenvalue weighted by Gasteiger charge is 2.04. The van der Waals surface area contributed by atoms with Crippen molar-refractivity contribution in [2.75, 3.05) is 19.2 Å². The molecule has 1 aromatic rings. The van der Waals surface area contributed by atoms with E-state index in [1.54, 1.807) is 12.2 Å². The average molecular weight is 179 g/mol. The van der Waals surface area contributed by atoms with Crippen LogP contribution in [-0.4, -0.2) is 14.2 Å². The van der Waals surface area contributed by atoms with Gasteiger partial charge in [0.1, 0.15) is 0 Å². The maximum absolute atomic E-state index is 5.16. The van der Waals surface area contributed by atoms with Gasteiger partial charge in [-0.05, 0) is 18.1 Å². The Hall–Kier alpha value is -1.02. The molecular weight excluding hydrogens is 162 g/mol. The molecule has 0 aromatic heterocycles. The molecule has 72 valence electrons. The van der Waals surface area contributed by atoms with Gasteiger partial charge in [0, 0.05) is 7.05 Å². The van der Waals surface area contributed by atoms with E-state index in [9.17, 15) is 0 Å². The number of anilines is 1. The summed E-state index contributed by atoms with van der Waals surface area (Å²) in [4.78, 5) is 5.16. The Morgan fingerprint density at radius 1 is 1.31 bits per heavy atom. The highest BCUT2D eigenvalue weighted by Crippen LogP contribution is 2.20. The zero-order chi connectivity index (χ0) is 9.68. The molecule has 0 amide bonds. The molecule has 0 saturated carbocycles. The second-order valence-corrected chi connectivity index (χ2v) is 3.06. The van der Waals surface area contributed by atoms with E-state index in [0.29, 0.717) is 0 Å². The minimum atomic E-state index is 1.10. The number of hydrogen-bond donors (Lipinski definition) is 0. The van der Waals surface area contributed by atoms with Gasteiger partial charge in [-0.25, -0.2) is 0 Å². The van der Waals surface area contributed by atoms with Crippen molar-refractivity contribution >= 4 is 5.69 Å². The zero-order valence-corrected chi connectivity index (χ0v) is 8.58. The van der Waals surface area contributed by atoms with Crippen molar-refractivity contribution in [2.45, 2.75) is 19.8 Å². The van der Waals surface area contributed by atoms with Crippen LogP contribution < -0.4 is 5.06 Å². The number of para-hydroxylation sites is 1. The smallest absolute Gasteiger partial charge is 0.0665 e. The Morgan fingerprint density at radius 2 is 2.00 bits per heavy atom. The summed E-state index contributed by atoms with van der Waals surface area (Å²) in [6.07, 6.45) is 2.26. The van der Waals surface area contributed by atoms with Gasteiger partial charge in [-0.3, -0.25) is 9.90 Å². The maximum atomic E-state index is 5.16. The largest absolute Gasteiger partial charge is 0.277 e. The third-order valence-corrected chi connectivity index (χ3v) is 2.12. The minimum Gasteiger partial charge on any atom is -0.277 e. The summed E-state index contributed by atoms with van der Waals surface area (Å²) in [5.41, 5.74) is 2.50. The first kappa shape index (κ1) is 10.1. The van der Waals surface area contributed by atoms with Crippen molar-refractivity contribution in [3.8, 4) is 0 Å². The van der Waals surface area contributed by atoms with E-state index in [4.69, 9.17) is 4.84 Å². The van der Waals surface area contributed by atoms with Crippen molar-refractivity contribution < 1.29 is 4.84 Å². The topological polar surface area (TPSA) is 12.5 Å². The lowest BCUT2D eigenvalue weighted by molar-refractivity contribution is 0.184. The lowest BCUT2D eigenvalue weighted by atomic mass is 10.1. The first-order valence-electron chi connectivity index (χ1n) is 4.65. The number of nitrogens with zero attached hydrogens (tertiary/aromatic N) is 1. The van der Waals surface area contributed by atoms with E-state index in [0.717, 1.165) is 18.5 Å². The molecule has 0 N–H and O–H groups in total. The Balaban J connectivity index is 2.90. The monoisotopic (exact) mass is 179 g/mol.